The molecule has 1 aliphatic carbocycles. The smallest absolute Gasteiger partial charge is 0.408 e. The molecule has 1 saturated carbocycles. The fourth-order valence-corrected chi connectivity index (χ4v) is 4.84. The van der Waals surface area contributed by atoms with E-state index < -0.39 is 59.3 Å². The monoisotopic (exact) mass is 576 g/mol. The zero-order chi connectivity index (χ0) is 30.1. The molecule has 2 heterocycles. The molecule has 1 aliphatic heterocycles. The van der Waals surface area contributed by atoms with Gasteiger partial charge in [0.15, 0.2) is 11.6 Å². The Bertz CT molecular complexity index is 1470. The minimum absolute atomic E-state index is 0.0114. The molecule has 0 atom stereocenters. The number of alkyl carbamates (subject to hydrolysis) is 1. The molecule has 2 fully saturated rings. The lowest BCUT2D eigenvalue weighted by Crippen LogP contribution is -2.40. The zero-order valence-corrected chi connectivity index (χ0v) is 23.4. The van der Waals surface area contributed by atoms with Gasteiger partial charge in [-0.25, -0.2) is 18.4 Å². The summed E-state index contributed by atoms with van der Waals surface area (Å²) in [5, 5.41) is 14.1. The number of fused-ring (bicyclic) bond motifs is 1. The molecule has 2 amide bonds. The first kappa shape index (κ1) is 29.8. The molecular weight excluding hydrogens is 542 g/mol. The highest BCUT2D eigenvalue weighted by atomic mass is 19.1. The van der Waals surface area contributed by atoms with Gasteiger partial charge in [0.2, 0.25) is 11.3 Å². The van der Waals surface area contributed by atoms with E-state index in [-0.39, 0.29) is 29.4 Å². The van der Waals surface area contributed by atoms with Crippen molar-refractivity contribution >= 4 is 34.6 Å². The Labute approximate surface area is 235 Å². The van der Waals surface area contributed by atoms with E-state index in [2.05, 4.69) is 10.6 Å². The Morgan fingerprint density at radius 1 is 1.17 bits per heavy atom. The molecule has 1 aromatic carbocycles. The molecule has 41 heavy (non-hydrogen) atoms. The van der Waals surface area contributed by atoms with Crippen molar-refractivity contribution in [1.29, 1.82) is 0 Å². The van der Waals surface area contributed by atoms with Gasteiger partial charge in [-0.3, -0.25) is 9.59 Å². The van der Waals surface area contributed by atoms with E-state index >= 15 is 8.78 Å². The standard InChI is InChI=1S/C28H34F2N4O7/c1-28(2,3)41-27(39)32-12-21(35)31-11-20(30)15-6-5-9-33(13-15)23-19(29)10-17-22(25(23)40-4)34(16-7-8-16)14-18(24(17)36)26(37)38/h10,14,16H,5-9,11-13H2,1-4H3,(H,31,35)(H,32,39)(H,37,38). The summed E-state index contributed by atoms with van der Waals surface area (Å²) in [6, 6.07) is 0.971. The summed E-state index contributed by atoms with van der Waals surface area (Å²) in [5.74, 6) is -3.31. The first-order valence-electron chi connectivity index (χ1n) is 13.3. The number of nitrogens with one attached hydrogen (secondary N) is 2. The van der Waals surface area contributed by atoms with Gasteiger partial charge in [0.1, 0.15) is 29.2 Å². The number of rotatable bonds is 8. The van der Waals surface area contributed by atoms with Crippen LogP contribution >= 0.6 is 0 Å². The maximum atomic E-state index is 15.6. The average molecular weight is 577 g/mol. The second-order valence-electron chi connectivity index (χ2n) is 11.1. The lowest BCUT2D eigenvalue weighted by molar-refractivity contribution is -0.120. The summed E-state index contributed by atoms with van der Waals surface area (Å²) in [6.07, 6.45) is 2.93. The van der Waals surface area contributed by atoms with Gasteiger partial charge < -0.3 is 34.7 Å². The molecule has 1 saturated heterocycles. The van der Waals surface area contributed by atoms with Crippen LogP contribution in [0, 0.1) is 5.82 Å². The SMILES string of the molecule is COc1c(N2CCCC(=C(F)CNC(=O)CNC(=O)OC(C)(C)C)C2)c(F)cc2c(=O)c(C(=O)O)cn(C3CC3)c12. The predicted molar refractivity (Wildman–Crippen MR) is 147 cm³/mol. The number of hydrogen-bond donors (Lipinski definition) is 3. The number of carbonyl (C=O) groups is 3. The third kappa shape index (κ3) is 6.77. The van der Waals surface area contributed by atoms with Crippen LogP contribution in [0.2, 0.25) is 0 Å². The highest BCUT2D eigenvalue weighted by Crippen LogP contribution is 2.44. The van der Waals surface area contributed by atoms with Crippen LogP contribution in [0.3, 0.4) is 0 Å². The lowest BCUT2D eigenvalue weighted by Gasteiger charge is -2.33. The van der Waals surface area contributed by atoms with Crippen molar-refractivity contribution in [1.82, 2.24) is 15.2 Å². The number of anilines is 1. The number of piperidine rings is 1. The highest BCUT2D eigenvalue weighted by Gasteiger charge is 2.32. The second kappa shape index (κ2) is 11.8. The van der Waals surface area contributed by atoms with Gasteiger partial charge in [0.05, 0.1) is 24.6 Å². The van der Waals surface area contributed by atoms with Crippen LogP contribution in [0.4, 0.5) is 19.3 Å². The van der Waals surface area contributed by atoms with E-state index in [1.807, 2.05) is 0 Å². The largest absolute Gasteiger partial charge is 0.492 e. The Balaban J connectivity index is 1.56. The number of halogens is 2. The molecule has 11 nitrogen and oxygen atoms in total. The van der Waals surface area contributed by atoms with E-state index in [0.29, 0.717) is 30.5 Å². The Hall–Kier alpha value is -4.16. The van der Waals surface area contributed by atoms with Gasteiger partial charge in [-0.05, 0) is 58.1 Å². The quantitative estimate of drug-likeness (QED) is 0.433. The van der Waals surface area contributed by atoms with E-state index in [9.17, 15) is 24.3 Å². The Morgan fingerprint density at radius 3 is 2.49 bits per heavy atom. The van der Waals surface area contributed by atoms with Crippen LogP contribution in [0.25, 0.3) is 10.9 Å². The molecule has 2 aromatic rings. The van der Waals surface area contributed by atoms with Crippen molar-refractivity contribution in [3.8, 4) is 5.75 Å². The van der Waals surface area contributed by atoms with Gasteiger partial charge in [-0.15, -0.1) is 0 Å². The topological polar surface area (TPSA) is 139 Å². The minimum atomic E-state index is -1.40. The van der Waals surface area contributed by atoms with Crippen LogP contribution in [0.5, 0.6) is 5.75 Å². The number of carbonyl (C=O) groups excluding carboxylic acids is 2. The van der Waals surface area contributed by atoms with E-state index in [0.717, 1.165) is 18.9 Å². The number of aromatic nitrogens is 1. The summed E-state index contributed by atoms with van der Waals surface area (Å²) < 4.78 is 43.1. The summed E-state index contributed by atoms with van der Waals surface area (Å²) in [6.45, 7) is 4.64. The molecule has 3 N–H and O–H groups in total. The first-order chi connectivity index (χ1) is 19.3. The van der Waals surface area contributed by atoms with Crippen LogP contribution in [0.1, 0.15) is 62.9 Å². The minimum Gasteiger partial charge on any atom is -0.492 e. The van der Waals surface area contributed by atoms with E-state index in [4.69, 9.17) is 9.47 Å². The van der Waals surface area contributed by atoms with Crippen molar-refractivity contribution in [3.05, 3.63) is 45.3 Å². The molecule has 0 spiro atoms. The summed E-state index contributed by atoms with van der Waals surface area (Å²) in [5.41, 5.74) is -1.29. The summed E-state index contributed by atoms with van der Waals surface area (Å²) >= 11 is 0. The number of methoxy groups -OCH3 is 1. The number of carboxylic acid groups (broad SMARTS) is 1. The van der Waals surface area contributed by atoms with Gasteiger partial charge in [-0.1, -0.05) is 0 Å². The normalized spacial score (nSPS) is 16.8. The molecule has 2 aliphatic rings. The maximum absolute atomic E-state index is 15.6. The third-order valence-corrected chi connectivity index (χ3v) is 6.79. The summed E-state index contributed by atoms with van der Waals surface area (Å²) in [4.78, 5) is 50.1. The molecule has 13 heteroatoms. The van der Waals surface area contributed by atoms with Crippen LogP contribution in [-0.4, -0.2) is 66.5 Å². The Morgan fingerprint density at radius 2 is 1.88 bits per heavy atom. The average Bonchev–Trinajstić information content (AvgIpc) is 3.74. The Kier molecular flexibility index (Phi) is 8.55. The van der Waals surface area contributed by atoms with Crippen molar-refractivity contribution in [2.75, 3.05) is 38.2 Å². The van der Waals surface area contributed by atoms with E-state index in [1.54, 1.807) is 30.2 Å². The van der Waals surface area contributed by atoms with Crippen molar-refractivity contribution in [2.45, 2.75) is 58.1 Å². The number of hydrogen-bond acceptors (Lipinski definition) is 7. The molecule has 4 rings (SSSR count). The number of ether oxygens (including phenoxy) is 2. The van der Waals surface area contributed by atoms with Crippen molar-refractivity contribution in [2.24, 2.45) is 0 Å². The number of amides is 2. The zero-order valence-electron chi connectivity index (χ0n) is 23.4. The van der Waals surface area contributed by atoms with Gasteiger partial charge in [0, 0.05) is 25.3 Å². The lowest BCUT2D eigenvalue weighted by atomic mass is 10.0. The number of aromatic carboxylic acids is 1. The number of carboxylic acids is 1. The maximum Gasteiger partial charge on any atom is 0.408 e. The molecule has 0 unspecified atom stereocenters. The fourth-order valence-electron chi connectivity index (χ4n) is 4.84. The number of benzene rings is 1. The highest BCUT2D eigenvalue weighted by molar-refractivity contribution is 5.97. The molecular formula is C28H34F2N4O7. The predicted octanol–water partition coefficient (Wildman–Crippen LogP) is 3.65. The molecule has 0 radical (unpaired) electrons. The van der Waals surface area contributed by atoms with Crippen LogP contribution in [-0.2, 0) is 9.53 Å². The van der Waals surface area contributed by atoms with Gasteiger partial charge in [-0.2, -0.15) is 0 Å². The summed E-state index contributed by atoms with van der Waals surface area (Å²) in [7, 11) is 1.34. The van der Waals surface area contributed by atoms with Crippen LogP contribution < -0.4 is 25.7 Å². The number of nitrogens with zero attached hydrogens (tertiary/aromatic N) is 2. The molecule has 0 bridgehead atoms. The van der Waals surface area contributed by atoms with Crippen molar-refractivity contribution in [3.63, 3.8) is 0 Å². The van der Waals surface area contributed by atoms with Gasteiger partial charge >= 0.3 is 12.1 Å². The van der Waals surface area contributed by atoms with Crippen LogP contribution in [0.15, 0.2) is 28.5 Å². The van der Waals surface area contributed by atoms with E-state index in [1.165, 1.54) is 13.3 Å². The fraction of sp³-hybridized carbons (Fsp3) is 0.500. The number of pyridine rings is 1. The second-order valence-corrected chi connectivity index (χ2v) is 11.1. The van der Waals surface area contributed by atoms with Gasteiger partial charge in [0.25, 0.3) is 0 Å². The third-order valence-electron chi connectivity index (χ3n) is 6.79. The molecule has 222 valence electrons. The molecule has 1 aromatic heterocycles. The first-order valence-corrected chi connectivity index (χ1v) is 13.3. The van der Waals surface area contributed by atoms with Crippen molar-refractivity contribution < 1.29 is 37.7 Å².